The molecule has 2 unspecified atom stereocenters. The monoisotopic (exact) mass is 904 g/mol. The number of hydrogen-bond donors (Lipinski definition) is 3. The summed E-state index contributed by atoms with van der Waals surface area (Å²) in [5, 5.41) is 13.5. The summed E-state index contributed by atoms with van der Waals surface area (Å²) in [7, 11) is 3.54. The van der Waals surface area contributed by atoms with Crippen LogP contribution in [0.4, 0.5) is 31.7 Å². The Labute approximate surface area is 381 Å². The number of nitrogens with zero attached hydrogens (tertiary/aromatic N) is 9. The smallest absolute Gasteiger partial charge is 0.329 e. The molecule has 4 saturated heterocycles. The molecule has 3 aromatic heterocycles. The Morgan fingerprint density at radius 2 is 1.65 bits per heavy atom. The summed E-state index contributed by atoms with van der Waals surface area (Å²) in [5.41, 5.74) is 7.14. The maximum atomic E-state index is 16.2. The lowest BCUT2D eigenvalue weighted by molar-refractivity contribution is -0.136. The molecule has 348 valence electrons. The minimum Gasteiger partial charge on any atom is -0.385 e. The maximum absolute atomic E-state index is 16.2. The average Bonchev–Trinajstić information content (AvgIpc) is 3.74. The second-order valence-corrected chi connectivity index (χ2v) is 19.4. The van der Waals surface area contributed by atoms with Crippen molar-refractivity contribution in [1.82, 2.24) is 44.2 Å². The van der Waals surface area contributed by atoms with Gasteiger partial charge in [0.1, 0.15) is 6.04 Å². The molecule has 18 heteroatoms. The van der Waals surface area contributed by atoms with Crippen molar-refractivity contribution < 1.29 is 23.2 Å². The number of aryl methyl sites for hydroxylation is 1. The molecule has 1 saturated carbocycles. The zero-order valence-electron chi connectivity index (χ0n) is 37.6. The Morgan fingerprint density at radius 1 is 0.879 bits per heavy atom. The first-order chi connectivity index (χ1) is 31.9. The molecule has 3 N–H and O–H groups in total. The van der Waals surface area contributed by atoms with E-state index in [0.717, 1.165) is 91.7 Å². The van der Waals surface area contributed by atoms with Gasteiger partial charge in [0.2, 0.25) is 11.8 Å². The Hall–Kier alpha value is -5.88. The Morgan fingerprint density at radius 3 is 2.38 bits per heavy atom. The molecule has 5 aliphatic heterocycles. The van der Waals surface area contributed by atoms with Crippen molar-refractivity contribution in [3.63, 3.8) is 0 Å². The minimum absolute atomic E-state index is 0.189. The summed E-state index contributed by atoms with van der Waals surface area (Å²) < 4.78 is 37.2. The summed E-state index contributed by atoms with van der Waals surface area (Å²) in [6, 6.07) is 12.8. The molecule has 3 amide bonds. The summed E-state index contributed by atoms with van der Waals surface area (Å²) in [4.78, 5) is 63.8. The fraction of sp³-hybridized carbons (Fsp3) is 0.542. The molecule has 66 heavy (non-hydrogen) atoms. The molecule has 5 fully saturated rings. The predicted molar refractivity (Wildman–Crippen MR) is 247 cm³/mol. The van der Waals surface area contributed by atoms with E-state index in [1.54, 1.807) is 22.3 Å². The number of imide groups is 1. The van der Waals surface area contributed by atoms with Crippen molar-refractivity contribution in [2.75, 3.05) is 68.0 Å². The van der Waals surface area contributed by atoms with Gasteiger partial charge in [0, 0.05) is 76.7 Å². The first kappa shape index (κ1) is 42.7. The molecule has 16 nitrogen and oxygen atoms in total. The van der Waals surface area contributed by atoms with Crippen LogP contribution in [0.3, 0.4) is 0 Å². The Kier molecular flexibility index (Phi) is 10.9. The highest BCUT2D eigenvalue weighted by Crippen LogP contribution is 2.41. The number of hydrogen-bond acceptors (Lipinski definition) is 11. The lowest BCUT2D eigenvalue weighted by Gasteiger charge is -2.47. The molecule has 11 rings (SSSR count). The fourth-order valence-electron chi connectivity index (χ4n) is 11.7. The van der Waals surface area contributed by atoms with Crippen molar-refractivity contribution in [1.29, 1.82) is 0 Å². The minimum atomic E-state index is -2.83. The quantitative estimate of drug-likeness (QED) is 0.165. The lowest BCUT2D eigenvalue weighted by Crippen LogP contribution is -2.59. The fourth-order valence-corrected chi connectivity index (χ4v) is 11.7. The molecule has 2 aromatic carbocycles. The molecular weight excluding hydrogens is 847 g/mol. The summed E-state index contributed by atoms with van der Waals surface area (Å²) in [6.45, 7) is 4.66. The number of halogens is 2. The van der Waals surface area contributed by atoms with Crippen molar-refractivity contribution in [3.05, 3.63) is 76.0 Å². The highest BCUT2D eigenvalue weighted by molar-refractivity contribution is 6.00. The van der Waals surface area contributed by atoms with Crippen LogP contribution in [0.2, 0.25) is 0 Å². The highest BCUT2D eigenvalue weighted by Gasteiger charge is 2.48. The molecule has 8 heterocycles. The van der Waals surface area contributed by atoms with Gasteiger partial charge in [-0.15, -0.1) is 5.10 Å². The molecule has 1 aliphatic carbocycles. The zero-order valence-corrected chi connectivity index (χ0v) is 37.6. The number of amides is 3. The number of carbonyl (C=O) groups excluding carboxylic acids is 3. The number of anilines is 4. The van der Waals surface area contributed by atoms with Gasteiger partial charge in [-0.3, -0.25) is 38.6 Å². The summed E-state index contributed by atoms with van der Waals surface area (Å²) >= 11 is 0. The van der Waals surface area contributed by atoms with Gasteiger partial charge in [-0.2, -0.15) is 0 Å². The van der Waals surface area contributed by atoms with Gasteiger partial charge in [0.05, 0.1) is 35.5 Å². The van der Waals surface area contributed by atoms with Crippen molar-refractivity contribution in [2.24, 2.45) is 18.9 Å². The number of carbonyl (C=O) groups is 3. The first-order valence-corrected chi connectivity index (χ1v) is 23.8. The average molecular weight is 905 g/mol. The Balaban J connectivity index is 0.692. The molecule has 5 aromatic rings. The number of alkyl halides is 2. The van der Waals surface area contributed by atoms with Crippen LogP contribution < -0.4 is 31.4 Å². The number of aromatic nitrogens is 5. The van der Waals surface area contributed by atoms with Crippen molar-refractivity contribution >= 4 is 57.3 Å². The van der Waals surface area contributed by atoms with Crippen LogP contribution >= 0.6 is 0 Å². The number of piperidine rings is 4. The molecule has 0 radical (unpaired) electrons. The van der Waals surface area contributed by atoms with Gasteiger partial charge in [0.15, 0.2) is 17.2 Å². The third kappa shape index (κ3) is 7.68. The van der Waals surface area contributed by atoms with Crippen molar-refractivity contribution in [2.45, 2.75) is 94.8 Å². The van der Waals surface area contributed by atoms with E-state index >= 15 is 8.78 Å². The van der Waals surface area contributed by atoms with E-state index < -0.39 is 23.9 Å². The van der Waals surface area contributed by atoms with Crippen LogP contribution in [0, 0.1) is 11.8 Å². The summed E-state index contributed by atoms with van der Waals surface area (Å²) in [6.07, 6.45) is 9.16. The normalized spacial score (nSPS) is 23.5. The number of benzene rings is 2. The van der Waals surface area contributed by atoms with Gasteiger partial charge in [-0.05, 0) is 118 Å². The van der Waals surface area contributed by atoms with E-state index in [2.05, 4.69) is 47.8 Å². The van der Waals surface area contributed by atoms with Gasteiger partial charge in [-0.25, -0.2) is 23.1 Å². The number of rotatable bonds is 10. The Bertz CT molecular complexity index is 2780. The number of nitrogens with one attached hydrogen (secondary N) is 3. The standard InChI is InChI=1S/C48H58F2N12O4/c1-51-35-25-42(55-62-40(26-52-44(35)62)46(65)53-32-6-7-32)60-23-16-34-31(4-3-5-36(34)60)27-57-18-17-41(48(49,50)28-57)59-21-14-30(15-22-59)29-12-19-58(20-13-29)33-8-9-37-39(24-33)56(2)47(66)61(37)38-10-11-43(63)54-45(38)64/h3-5,8-9,24-26,29-30,32,38,41,51H,6-7,10-23,27-28H2,1-2H3,(H,53,65)(H,54,63,64). The van der Waals surface area contributed by atoms with Crippen LogP contribution in [0.25, 0.3) is 16.7 Å². The SMILES string of the molecule is CNc1cc(N2CCc3c(CN4CCC(N5CCC(C6CCN(c7ccc8c(c7)n(C)c(=O)n8C7CCC(=O)NC7=O)CC6)CC5)C(F)(F)C4)cccc32)nn2c(C(=O)NC3CC3)cnc12. The van der Waals surface area contributed by atoms with Gasteiger partial charge in [0.25, 0.3) is 11.8 Å². The van der Waals surface area contributed by atoms with Crippen LogP contribution in [0.5, 0.6) is 0 Å². The molecular formula is C48H58F2N12O4. The summed E-state index contributed by atoms with van der Waals surface area (Å²) in [5.74, 6) is -2.03. The van der Waals surface area contributed by atoms with E-state index in [0.29, 0.717) is 80.1 Å². The largest absolute Gasteiger partial charge is 0.385 e. The highest BCUT2D eigenvalue weighted by atomic mass is 19.3. The zero-order chi connectivity index (χ0) is 45.4. The van der Waals surface area contributed by atoms with Gasteiger partial charge < -0.3 is 20.4 Å². The van der Waals surface area contributed by atoms with Crippen molar-refractivity contribution in [3.8, 4) is 0 Å². The molecule has 2 atom stereocenters. The number of imidazole rings is 2. The predicted octanol–water partition coefficient (Wildman–Crippen LogP) is 4.83. The van der Waals surface area contributed by atoms with Crippen LogP contribution in [-0.2, 0) is 29.6 Å². The van der Waals surface area contributed by atoms with E-state index in [1.807, 2.05) is 42.3 Å². The lowest BCUT2D eigenvalue weighted by atomic mass is 9.78. The number of fused-ring (bicyclic) bond motifs is 3. The van der Waals surface area contributed by atoms with E-state index in [9.17, 15) is 19.2 Å². The van der Waals surface area contributed by atoms with E-state index in [-0.39, 0.29) is 36.5 Å². The molecule has 0 spiro atoms. The second-order valence-electron chi connectivity index (χ2n) is 19.4. The van der Waals surface area contributed by atoms with Crippen LogP contribution in [0.15, 0.2) is 53.5 Å². The third-order valence-corrected chi connectivity index (χ3v) is 15.5. The first-order valence-electron chi connectivity index (χ1n) is 23.8. The van der Waals surface area contributed by atoms with E-state index in [1.165, 1.54) is 4.57 Å². The maximum Gasteiger partial charge on any atom is 0.329 e. The molecule has 0 bridgehead atoms. The third-order valence-electron chi connectivity index (χ3n) is 15.5. The van der Waals surface area contributed by atoms with E-state index in [4.69, 9.17) is 5.10 Å². The van der Waals surface area contributed by atoms with Crippen LogP contribution in [-0.4, -0.2) is 122 Å². The van der Waals surface area contributed by atoms with Crippen LogP contribution in [0.1, 0.15) is 85.4 Å². The topological polar surface area (TPSA) is 157 Å². The second kappa shape index (κ2) is 16.8. The number of likely N-dealkylation sites (tertiary alicyclic amines) is 2. The molecule has 6 aliphatic rings. The van der Waals surface area contributed by atoms with Gasteiger partial charge >= 0.3 is 5.69 Å². The van der Waals surface area contributed by atoms with Gasteiger partial charge in [-0.1, -0.05) is 12.1 Å².